The van der Waals surface area contributed by atoms with Gasteiger partial charge in [0, 0.05) is 5.02 Å². The zero-order chi connectivity index (χ0) is 14.9. The van der Waals surface area contributed by atoms with Crippen LogP contribution < -0.4 is 10.5 Å². The lowest BCUT2D eigenvalue weighted by atomic mass is 10.3. The Hall–Kier alpha value is -1.50. The highest BCUT2D eigenvalue weighted by atomic mass is 35.5. The molecule has 0 spiro atoms. The van der Waals surface area contributed by atoms with Gasteiger partial charge >= 0.3 is 0 Å². The summed E-state index contributed by atoms with van der Waals surface area (Å²) < 4.78 is 39.6. The molecule has 3 N–H and O–H groups in total. The van der Waals surface area contributed by atoms with Crippen molar-refractivity contribution in [2.75, 3.05) is 10.5 Å². The van der Waals surface area contributed by atoms with Crippen LogP contribution in [-0.2, 0) is 10.0 Å². The number of anilines is 2. The van der Waals surface area contributed by atoms with Gasteiger partial charge in [-0.3, -0.25) is 4.72 Å². The van der Waals surface area contributed by atoms with Gasteiger partial charge in [0.05, 0.1) is 21.3 Å². The molecule has 0 atom stereocenters. The number of nitrogens with two attached hydrogens (primary N) is 1. The molecule has 106 valence electrons. The van der Waals surface area contributed by atoms with Gasteiger partial charge in [0.1, 0.15) is 5.82 Å². The van der Waals surface area contributed by atoms with E-state index in [4.69, 9.17) is 28.9 Å². The van der Waals surface area contributed by atoms with E-state index < -0.39 is 15.8 Å². The molecule has 4 nitrogen and oxygen atoms in total. The molecule has 2 rings (SSSR count). The Kier molecular flexibility index (Phi) is 4.08. The predicted molar refractivity (Wildman–Crippen MR) is 78.1 cm³/mol. The lowest BCUT2D eigenvalue weighted by molar-refractivity contribution is 0.601. The fourth-order valence-corrected chi connectivity index (χ4v) is 2.93. The molecule has 0 aliphatic rings. The van der Waals surface area contributed by atoms with Crippen LogP contribution in [-0.4, -0.2) is 8.42 Å². The number of nitrogen functional groups attached to an aromatic ring is 1. The van der Waals surface area contributed by atoms with Crippen molar-refractivity contribution in [2.45, 2.75) is 4.90 Å². The van der Waals surface area contributed by atoms with E-state index >= 15 is 0 Å². The molecule has 0 aliphatic carbocycles. The Morgan fingerprint density at radius 3 is 2.40 bits per heavy atom. The smallest absolute Gasteiger partial charge is 0.261 e. The van der Waals surface area contributed by atoms with Crippen LogP contribution in [0, 0.1) is 5.82 Å². The first-order valence-electron chi connectivity index (χ1n) is 5.32. The molecule has 0 heterocycles. The van der Waals surface area contributed by atoms with Crippen LogP contribution in [0.3, 0.4) is 0 Å². The molecular formula is C12H9Cl2FN2O2S. The molecule has 0 radical (unpaired) electrons. The zero-order valence-electron chi connectivity index (χ0n) is 9.90. The third-order valence-corrected chi connectivity index (χ3v) is 4.33. The summed E-state index contributed by atoms with van der Waals surface area (Å²) in [4.78, 5) is -0.0835. The van der Waals surface area contributed by atoms with E-state index in [1.807, 2.05) is 0 Å². The average Bonchev–Trinajstić information content (AvgIpc) is 2.30. The highest BCUT2D eigenvalue weighted by molar-refractivity contribution is 7.92. The van der Waals surface area contributed by atoms with Crippen LogP contribution in [0.5, 0.6) is 0 Å². The SMILES string of the molecule is Nc1cc(S(=O)(=O)Nc2cc(F)cc(Cl)c2)ccc1Cl. The van der Waals surface area contributed by atoms with E-state index in [1.54, 1.807) is 0 Å². The van der Waals surface area contributed by atoms with Gasteiger partial charge in [-0.25, -0.2) is 12.8 Å². The molecule has 8 heteroatoms. The molecule has 0 aliphatic heterocycles. The second-order valence-electron chi connectivity index (χ2n) is 3.95. The highest BCUT2D eigenvalue weighted by Crippen LogP contribution is 2.25. The molecule has 0 unspecified atom stereocenters. The fraction of sp³-hybridized carbons (Fsp3) is 0. The van der Waals surface area contributed by atoms with E-state index in [2.05, 4.69) is 4.72 Å². The van der Waals surface area contributed by atoms with Crippen LogP contribution in [0.2, 0.25) is 10.0 Å². The van der Waals surface area contributed by atoms with Crippen molar-refractivity contribution in [3.63, 3.8) is 0 Å². The number of sulfonamides is 1. The number of hydrogen-bond donors (Lipinski definition) is 2. The van der Waals surface area contributed by atoms with Gasteiger partial charge in [-0.15, -0.1) is 0 Å². The molecule has 2 aromatic rings. The van der Waals surface area contributed by atoms with Crippen molar-refractivity contribution in [1.82, 2.24) is 0 Å². The van der Waals surface area contributed by atoms with Crippen LogP contribution in [0.15, 0.2) is 41.3 Å². The van der Waals surface area contributed by atoms with Gasteiger partial charge in [0.25, 0.3) is 10.0 Å². The number of nitrogens with one attached hydrogen (secondary N) is 1. The largest absolute Gasteiger partial charge is 0.397 e. The third kappa shape index (κ3) is 3.33. The van der Waals surface area contributed by atoms with E-state index in [0.717, 1.165) is 12.1 Å². The van der Waals surface area contributed by atoms with Crippen molar-refractivity contribution in [3.05, 3.63) is 52.3 Å². The Morgan fingerprint density at radius 1 is 1.10 bits per heavy atom. The van der Waals surface area contributed by atoms with E-state index in [1.165, 1.54) is 24.3 Å². The van der Waals surface area contributed by atoms with Gasteiger partial charge in [0.15, 0.2) is 0 Å². The Bertz CT molecular complexity index is 746. The van der Waals surface area contributed by atoms with Gasteiger partial charge < -0.3 is 5.73 Å². The molecule has 0 amide bonds. The number of hydrogen-bond acceptors (Lipinski definition) is 3. The maximum Gasteiger partial charge on any atom is 0.261 e. The minimum absolute atomic E-state index is 0.0171. The lowest BCUT2D eigenvalue weighted by Gasteiger charge is -2.09. The Morgan fingerprint density at radius 2 is 1.80 bits per heavy atom. The molecule has 0 aromatic heterocycles. The maximum atomic E-state index is 13.2. The molecule has 0 bridgehead atoms. The molecule has 0 saturated heterocycles. The number of benzene rings is 2. The first kappa shape index (κ1) is 14.9. The fourth-order valence-electron chi connectivity index (χ4n) is 1.52. The number of halogens is 3. The van der Waals surface area contributed by atoms with Crippen LogP contribution in [0.25, 0.3) is 0 Å². The molecule has 0 saturated carbocycles. The summed E-state index contributed by atoms with van der Waals surface area (Å²) in [6.45, 7) is 0. The van der Waals surface area contributed by atoms with Crippen molar-refractivity contribution in [3.8, 4) is 0 Å². The highest BCUT2D eigenvalue weighted by Gasteiger charge is 2.16. The first-order chi connectivity index (χ1) is 9.28. The van der Waals surface area contributed by atoms with Gasteiger partial charge in [0.2, 0.25) is 0 Å². The average molecular weight is 335 g/mol. The lowest BCUT2D eigenvalue weighted by Crippen LogP contribution is -2.13. The quantitative estimate of drug-likeness (QED) is 0.843. The summed E-state index contributed by atoms with van der Waals surface area (Å²) in [6, 6.07) is 7.25. The van der Waals surface area contributed by atoms with Gasteiger partial charge in [-0.05, 0) is 36.4 Å². The summed E-state index contributed by atoms with van der Waals surface area (Å²) in [5.41, 5.74) is 5.70. The minimum atomic E-state index is -3.90. The zero-order valence-corrected chi connectivity index (χ0v) is 12.2. The van der Waals surface area contributed by atoms with E-state index in [-0.39, 0.29) is 26.3 Å². The summed E-state index contributed by atoms with van der Waals surface area (Å²) in [7, 11) is -3.90. The van der Waals surface area contributed by atoms with Gasteiger partial charge in [-0.1, -0.05) is 23.2 Å². The topological polar surface area (TPSA) is 72.2 Å². The van der Waals surface area contributed by atoms with Crippen molar-refractivity contribution in [2.24, 2.45) is 0 Å². The summed E-state index contributed by atoms with van der Waals surface area (Å²) in [5, 5.41) is 0.330. The van der Waals surface area contributed by atoms with E-state index in [9.17, 15) is 12.8 Å². The third-order valence-electron chi connectivity index (χ3n) is 2.39. The predicted octanol–water partition coefficient (Wildman–Crippen LogP) is 3.52. The molecule has 20 heavy (non-hydrogen) atoms. The normalized spacial score (nSPS) is 11.3. The second kappa shape index (κ2) is 5.47. The number of rotatable bonds is 3. The summed E-state index contributed by atoms with van der Waals surface area (Å²) in [5.74, 6) is -0.647. The van der Waals surface area contributed by atoms with Crippen LogP contribution in [0.1, 0.15) is 0 Å². The molecular weight excluding hydrogens is 326 g/mol. The second-order valence-corrected chi connectivity index (χ2v) is 6.47. The standard InChI is InChI=1S/C12H9Cl2FN2O2S/c13-7-3-8(15)5-9(4-7)17-20(18,19)10-1-2-11(14)12(16)6-10/h1-6,17H,16H2. The van der Waals surface area contributed by atoms with E-state index in [0.29, 0.717) is 0 Å². The summed E-state index contributed by atoms with van der Waals surface area (Å²) >= 11 is 11.4. The Labute approximate surface area is 125 Å². The maximum absolute atomic E-state index is 13.2. The van der Waals surface area contributed by atoms with Crippen LogP contribution in [0.4, 0.5) is 15.8 Å². The first-order valence-corrected chi connectivity index (χ1v) is 7.56. The van der Waals surface area contributed by atoms with Gasteiger partial charge in [-0.2, -0.15) is 0 Å². The van der Waals surface area contributed by atoms with Crippen molar-refractivity contribution in [1.29, 1.82) is 0 Å². The summed E-state index contributed by atoms with van der Waals surface area (Å²) in [6.07, 6.45) is 0. The molecule has 0 fully saturated rings. The Balaban J connectivity index is 2.37. The van der Waals surface area contributed by atoms with Crippen molar-refractivity contribution >= 4 is 44.6 Å². The minimum Gasteiger partial charge on any atom is -0.397 e. The van der Waals surface area contributed by atoms with Crippen molar-refractivity contribution < 1.29 is 12.8 Å². The monoisotopic (exact) mass is 334 g/mol. The molecule has 2 aromatic carbocycles. The van der Waals surface area contributed by atoms with Crippen LogP contribution >= 0.6 is 23.2 Å².